The van der Waals surface area contributed by atoms with Crippen LogP contribution in [0.3, 0.4) is 0 Å². The summed E-state index contributed by atoms with van der Waals surface area (Å²) in [5.74, 6) is 1.62. The maximum absolute atomic E-state index is 13.5. The first-order valence-electron chi connectivity index (χ1n) is 10.3. The van der Waals surface area contributed by atoms with Crippen molar-refractivity contribution < 1.29 is 9.13 Å². The molecule has 0 spiro atoms. The number of anilines is 2. The van der Waals surface area contributed by atoms with Gasteiger partial charge in [-0.25, -0.2) is 14.4 Å². The number of ether oxygens (including phenoxy) is 1. The zero-order valence-electron chi connectivity index (χ0n) is 17.5. The van der Waals surface area contributed by atoms with Gasteiger partial charge in [0, 0.05) is 36.6 Å². The first-order chi connectivity index (χ1) is 15.2. The maximum atomic E-state index is 13.5. The predicted octanol–water partition coefficient (Wildman–Crippen LogP) is 5.14. The summed E-state index contributed by atoms with van der Waals surface area (Å²) in [6.07, 6.45) is 1.65. The lowest BCUT2D eigenvalue weighted by molar-refractivity contribution is 0.413. The Balaban J connectivity index is 1.48. The fourth-order valence-electron chi connectivity index (χ4n) is 4.28. The van der Waals surface area contributed by atoms with Crippen LogP contribution in [0.1, 0.15) is 4.88 Å². The monoisotopic (exact) mass is 434 g/mol. The van der Waals surface area contributed by atoms with Crippen molar-refractivity contribution in [1.29, 1.82) is 0 Å². The van der Waals surface area contributed by atoms with Gasteiger partial charge >= 0.3 is 0 Å². The number of benzene rings is 2. The largest absolute Gasteiger partial charge is 0.495 e. The Morgan fingerprint density at radius 3 is 2.39 bits per heavy atom. The fraction of sp³-hybridized carbons (Fsp3) is 0.250. The Morgan fingerprint density at radius 2 is 1.65 bits per heavy atom. The van der Waals surface area contributed by atoms with Gasteiger partial charge in [0.1, 0.15) is 28.5 Å². The van der Waals surface area contributed by atoms with Crippen molar-refractivity contribution in [3.05, 3.63) is 65.6 Å². The van der Waals surface area contributed by atoms with E-state index in [0.717, 1.165) is 69.7 Å². The minimum absolute atomic E-state index is 0.232. The van der Waals surface area contributed by atoms with Gasteiger partial charge in [-0.05, 0) is 36.8 Å². The van der Waals surface area contributed by atoms with E-state index in [1.54, 1.807) is 24.8 Å². The van der Waals surface area contributed by atoms with Crippen LogP contribution in [-0.4, -0.2) is 43.3 Å². The van der Waals surface area contributed by atoms with Gasteiger partial charge < -0.3 is 14.5 Å². The highest BCUT2D eigenvalue weighted by molar-refractivity contribution is 7.19. The molecule has 1 fully saturated rings. The van der Waals surface area contributed by atoms with Crippen molar-refractivity contribution in [2.75, 3.05) is 43.1 Å². The van der Waals surface area contributed by atoms with Gasteiger partial charge in [0.2, 0.25) is 0 Å². The molecule has 0 amide bonds. The summed E-state index contributed by atoms with van der Waals surface area (Å²) >= 11 is 1.66. The lowest BCUT2D eigenvalue weighted by atomic mass is 10.0. The number of nitrogens with zero attached hydrogens (tertiary/aromatic N) is 4. The Bertz CT molecular complexity index is 1220. The highest BCUT2D eigenvalue weighted by Crippen LogP contribution is 2.41. The summed E-state index contributed by atoms with van der Waals surface area (Å²) in [6, 6.07) is 14.8. The molecule has 0 bridgehead atoms. The number of aromatic nitrogens is 2. The molecule has 0 atom stereocenters. The van der Waals surface area contributed by atoms with Gasteiger partial charge in [0.15, 0.2) is 0 Å². The van der Waals surface area contributed by atoms with Crippen molar-refractivity contribution in [2.45, 2.75) is 6.92 Å². The molecule has 1 aliphatic rings. The molecule has 7 heteroatoms. The van der Waals surface area contributed by atoms with Gasteiger partial charge in [-0.1, -0.05) is 24.3 Å². The molecule has 0 N–H and O–H groups in total. The number of thiophene rings is 1. The summed E-state index contributed by atoms with van der Waals surface area (Å²) in [6.45, 7) is 5.54. The smallest absolute Gasteiger partial charge is 0.142 e. The van der Waals surface area contributed by atoms with Crippen LogP contribution in [0.2, 0.25) is 0 Å². The number of aryl methyl sites for hydroxylation is 1. The van der Waals surface area contributed by atoms with E-state index in [9.17, 15) is 4.39 Å². The molecule has 2 aromatic heterocycles. The van der Waals surface area contributed by atoms with Crippen LogP contribution in [0.25, 0.3) is 21.3 Å². The lowest BCUT2D eigenvalue weighted by Crippen LogP contribution is -2.47. The van der Waals surface area contributed by atoms with E-state index in [0.29, 0.717) is 0 Å². The molecule has 0 radical (unpaired) electrons. The topological polar surface area (TPSA) is 41.5 Å². The van der Waals surface area contributed by atoms with E-state index < -0.39 is 0 Å². The molecule has 1 aliphatic heterocycles. The summed E-state index contributed by atoms with van der Waals surface area (Å²) in [5, 5.41) is 1.06. The summed E-state index contributed by atoms with van der Waals surface area (Å²) < 4.78 is 19.0. The number of hydrogen-bond donors (Lipinski definition) is 0. The van der Waals surface area contributed by atoms with Crippen LogP contribution < -0.4 is 14.5 Å². The van der Waals surface area contributed by atoms with Gasteiger partial charge in [0.05, 0.1) is 18.2 Å². The number of methoxy groups -OCH3 is 1. The van der Waals surface area contributed by atoms with E-state index in [1.807, 2.05) is 30.3 Å². The molecule has 0 saturated carbocycles. The fourth-order valence-corrected chi connectivity index (χ4v) is 5.29. The highest BCUT2D eigenvalue weighted by atomic mass is 32.1. The molecule has 5 nitrogen and oxygen atoms in total. The van der Waals surface area contributed by atoms with E-state index in [4.69, 9.17) is 4.74 Å². The molecule has 31 heavy (non-hydrogen) atoms. The van der Waals surface area contributed by atoms with E-state index >= 15 is 0 Å². The minimum Gasteiger partial charge on any atom is -0.495 e. The number of para-hydroxylation sites is 2. The standard InChI is InChI=1S/C24H23FN4OS/c1-16-21(17-7-9-18(25)10-8-17)22-23(26-15-27-24(22)31-16)29-13-11-28(12-14-29)19-5-3-4-6-20(19)30-2/h3-10,15H,11-14H2,1-2H3. The number of rotatable bonds is 4. The van der Waals surface area contributed by atoms with E-state index in [1.165, 1.54) is 12.1 Å². The molecule has 3 heterocycles. The zero-order chi connectivity index (χ0) is 21.4. The lowest BCUT2D eigenvalue weighted by Gasteiger charge is -2.37. The van der Waals surface area contributed by atoms with E-state index in [2.05, 4.69) is 32.8 Å². The van der Waals surface area contributed by atoms with Crippen LogP contribution in [0.15, 0.2) is 54.9 Å². The van der Waals surface area contributed by atoms with E-state index in [-0.39, 0.29) is 5.82 Å². The van der Waals surface area contributed by atoms with Crippen molar-refractivity contribution in [2.24, 2.45) is 0 Å². The van der Waals surface area contributed by atoms with Gasteiger partial charge in [-0.15, -0.1) is 11.3 Å². The van der Waals surface area contributed by atoms with Crippen molar-refractivity contribution >= 4 is 33.1 Å². The number of halogens is 1. The summed E-state index contributed by atoms with van der Waals surface area (Å²) in [4.78, 5) is 16.0. The summed E-state index contributed by atoms with van der Waals surface area (Å²) in [7, 11) is 1.71. The van der Waals surface area contributed by atoms with Crippen LogP contribution in [-0.2, 0) is 0 Å². The average molecular weight is 435 g/mol. The Labute approximate surface area is 184 Å². The first kappa shape index (κ1) is 19.8. The molecular weight excluding hydrogens is 411 g/mol. The van der Waals surface area contributed by atoms with Crippen molar-refractivity contribution in [3.63, 3.8) is 0 Å². The highest BCUT2D eigenvalue weighted by Gasteiger charge is 2.24. The third-order valence-corrected chi connectivity index (χ3v) is 6.80. The number of fused-ring (bicyclic) bond motifs is 1. The van der Waals surface area contributed by atoms with Crippen LogP contribution in [0, 0.1) is 12.7 Å². The second kappa shape index (κ2) is 8.15. The number of piperazine rings is 1. The molecule has 158 valence electrons. The molecule has 5 rings (SSSR count). The molecule has 4 aromatic rings. The minimum atomic E-state index is -0.232. The van der Waals surface area contributed by atoms with Gasteiger partial charge in [-0.2, -0.15) is 0 Å². The zero-order valence-corrected chi connectivity index (χ0v) is 18.3. The quantitative estimate of drug-likeness (QED) is 0.445. The van der Waals surface area contributed by atoms with Crippen LogP contribution >= 0.6 is 11.3 Å². The summed E-state index contributed by atoms with van der Waals surface area (Å²) in [5.41, 5.74) is 3.22. The van der Waals surface area contributed by atoms with Crippen molar-refractivity contribution in [3.8, 4) is 16.9 Å². The Morgan fingerprint density at radius 1 is 0.935 bits per heavy atom. The second-order valence-corrected chi connectivity index (χ2v) is 8.77. The third-order valence-electron chi connectivity index (χ3n) is 5.78. The molecular formula is C24H23FN4OS. The first-order valence-corrected chi connectivity index (χ1v) is 11.1. The van der Waals surface area contributed by atoms with Gasteiger partial charge in [-0.3, -0.25) is 0 Å². The third kappa shape index (κ3) is 3.59. The van der Waals surface area contributed by atoms with Crippen LogP contribution in [0.4, 0.5) is 15.9 Å². The molecule has 2 aromatic carbocycles. The normalized spacial score (nSPS) is 14.3. The SMILES string of the molecule is COc1ccccc1N1CCN(c2ncnc3sc(C)c(-c4ccc(F)cc4)c23)CC1. The number of hydrogen-bond acceptors (Lipinski definition) is 6. The Hall–Kier alpha value is -3.19. The van der Waals surface area contributed by atoms with Crippen molar-refractivity contribution in [1.82, 2.24) is 9.97 Å². The molecule has 0 aliphatic carbocycles. The average Bonchev–Trinajstić information content (AvgIpc) is 3.15. The Kier molecular flexibility index (Phi) is 5.19. The van der Waals surface area contributed by atoms with Crippen LogP contribution in [0.5, 0.6) is 5.75 Å². The van der Waals surface area contributed by atoms with Gasteiger partial charge in [0.25, 0.3) is 0 Å². The maximum Gasteiger partial charge on any atom is 0.142 e. The second-order valence-electron chi connectivity index (χ2n) is 7.56. The molecule has 1 saturated heterocycles. The molecule has 0 unspecified atom stereocenters. The predicted molar refractivity (Wildman–Crippen MR) is 125 cm³/mol.